The van der Waals surface area contributed by atoms with Gasteiger partial charge in [-0.25, -0.2) is 13.2 Å². The first kappa shape index (κ1) is 14.9. The highest BCUT2D eigenvalue weighted by Crippen LogP contribution is 2.22. The first-order valence-corrected chi connectivity index (χ1v) is 6.48. The summed E-state index contributed by atoms with van der Waals surface area (Å²) in [5, 5.41) is 3.70. The Morgan fingerprint density at radius 1 is 1.10 bits per heavy atom. The van der Waals surface area contributed by atoms with Crippen molar-refractivity contribution in [3.63, 3.8) is 0 Å². The molecule has 2 aromatic carbocycles. The van der Waals surface area contributed by atoms with Gasteiger partial charge in [0.25, 0.3) is 0 Å². The fourth-order valence-electron chi connectivity index (χ4n) is 1.92. The molecule has 1 nitrogen and oxygen atoms in total. The van der Waals surface area contributed by atoms with Gasteiger partial charge in [-0.05, 0) is 36.2 Å². The Balaban J connectivity index is 2.07. The Labute approximate surface area is 120 Å². The highest BCUT2D eigenvalue weighted by atomic mass is 35.5. The van der Waals surface area contributed by atoms with Crippen molar-refractivity contribution in [3.05, 3.63) is 70.0 Å². The molecule has 2 rings (SSSR count). The molecule has 0 heterocycles. The smallest absolute Gasteiger partial charge is 0.194 e. The minimum atomic E-state index is -1.45. The van der Waals surface area contributed by atoms with Gasteiger partial charge in [-0.2, -0.15) is 0 Å². The van der Waals surface area contributed by atoms with Crippen LogP contribution in [0.15, 0.2) is 36.4 Å². The van der Waals surface area contributed by atoms with Crippen molar-refractivity contribution in [1.82, 2.24) is 5.32 Å². The SMILES string of the molecule is C[C@@H](NCc1cc(F)c(F)c(F)c1)c1ccccc1Cl. The van der Waals surface area contributed by atoms with Gasteiger partial charge in [0, 0.05) is 17.6 Å². The van der Waals surface area contributed by atoms with Gasteiger partial charge in [-0.3, -0.25) is 0 Å². The lowest BCUT2D eigenvalue weighted by molar-refractivity contribution is 0.443. The summed E-state index contributed by atoms with van der Waals surface area (Å²) >= 11 is 6.06. The molecular formula is C15H13ClF3N. The third-order valence-electron chi connectivity index (χ3n) is 3.03. The van der Waals surface area contributed by atoms with Crippen molar-refractivity contribution >= 4 is 11.6 Å². The van der Waals surface area contributed by atoms with Crippen LogP contribution in [0.3, 0.4) is 0 Å². The van der Waals surface area contributed by atoms with E-state index < -0.39 is 17.5 Å². The second-order valence-corrected chi connectivity index (χ2v) is 4.90. The summed E-state index contributed by atoms with van der Waals surface area (Å²) in [5.41, 5.74) is 1.22. The van der Waals surface area contributed by atoms with Crippen LogP contribution in [0.4, 0.5) is 13.2 Å². The van der Waals surface area contributed by atoms with Crippen LogP contribution < -0.4 is 5.32 Å². The zero-order valence-corrected chi connectivity index (χ0v) is 11.5. The Kier molecular flexibility index (Phi) is 4.68. The monoisotopic (exact) mass is 299 g/mol. The molecule has 0 aliphatic rings. The minimum Gasteiger partial charge on any atom is -0.306 e. The molecule has 0 unspecified atom stereocenters. The lowest BCUT2D eigenvalue weighted by Gasteiger charge is -2.16. The van der Waals surface area contributed by atoms with Crippen molar-refractivity contribution in [3.8, 4) is 0 Å². The van der Waals surface area contributed by atoms with E-state index in [2.05, 4.69) is 5.32 Å². The van der Waals surface area contributed by atoms with E-state index in [-0.39, 0.29) is 12.6 Å². The van der Waals surface area contributed by atoms with E-state index >= 15 is 0 Å². The van der Waals surface area contributed by atoms with Gasteiger partial charge >= 0.3 is 0 Å². The zero-order chi connectivity index (χ0) is 14.7. The summed E-state index contributed by atoms with van der Waals surface area (Å²) in [7, 11) is 0. The predicted octanol–water partition coefficient (Wildman–Crippen LogP) is 4.61. The molecule has 20 heavy (non-hydrogen) atoms. The number of hydrogen-bond donors (Lipinski definition) is 1. The first-order valence-electron chi connectivity index (χ1n) is 6.10. The first-order chi connectivity index (χ1) is 9.49. The molecule has 0 amide bonds. The van der Waals surface area contributed by atoms with E-state index in [1.54, 1.807) is 6.07 Å². The summed E-state index contributed by atoms with van der Waals surface area (Å²) < 4.78 is 39.0. The molecule has 0 aromatic heterocycles. The average Bonchev–Trinajstić information content (AvgIpc) is 2.42. The van der Waals surface area contributed by atoms with Gasteiger partial charge in [0.05, 0.1) is 0 Å². The van der Waals surface area contributed by atoms with E-state index in [0.717, 1.165) is 17.7 Å². The highest BCUT2D eigenvalue weighted by molar-refractivity contribution is 6.31. The van der Waals surface area contributed by atoms with E-state index in [0.29, 0.717) is 10.6 Å². The van der Waals surface area contributed by atoms with Crippen molar-refractivity contribution in [2.45, 2.75) is 19.5 Å². The van der Waals surface area contributed by atoms with Gasteiger partial charge in [-0.15, -0.1) is 0 Å². The highest BCUT2D eigenvalue weighted by Gasteiger charge is 2.12. The molecule has 106 valence electrons. The maximum Gasteiger partial charge on any atom is 0.194 e. The van der Waals surface area contributed by atoms with Crippen LogP contribution in [-0.2, 0) is 6.54 Å². The largest absolute Gasteiger partial charge is 0.306 e. The van der Waals surface area contributed by atoms with E-state index in [1.165, 1.54) is 0 Å². The van der Waals surface area contributed by atoms with Crippen LogP contribution in [0.2, 0.25) is 5.02 Å². The van der Waals surface area contributed by atoms with Crippen molar-refractivity contribution in [1.29, 1.82) is 0 Å². The number of hydrogen-bond acceptors (Lipinski definition) is 1. The van der Waals surface area contributed by atoms with E-state index in [9.17, 15) is 13.2 Å². The molecule has 1 atom stereocenters. The van der Waals surface area contributed by atoms with Gasteiger partial charge in [-0.1, -0.05) is 29.8 Å². The molecule has 2 aromatic rings. The number of benzene rings is 2. The fraction of sp³-hybridized carbons (Fsp3) is 0.200. The molecular weight excluding hydrogens is 287 g/mol. The molecule has 0 bridgehead atoms. The minimum absolute atomic E-state index is 0.0973. The van der Waals surface area contributed by atoms with Crippen LogP contribution in [0.5, 0.6) is 0 Å². The Hall–Kier alpha value is -1.52. The maximum absolute atomic E-state index is 13.1. The molecule has 0 saturated heterocycles. The molecule has 0 radical (unpaired) electrons. The van der Waals surface area contributed by atoms with Crippen LogP contribution in [-0.4, -0.2) is 0 Å². The molecule has 1 N–H and O–H groups in total. The third kappa shape index (κ3) is 3.32. The number of halogens is 4. The predicted molar refractivity (Wildman–Crippen MR) is 73.0 cm³/mol. The quantitative estimate of drug-likeness (QED) is 0.813. The molecule has 0 aliphatic carbocycles. The summed E-state index contributed by atoms with van der Waals surface area (Å²) in [6.45, 7) is 2.10. The van der Waals surface area contributed by atoms with Crippen molar-refractivity contribution in [2.75, 3.05) is 0 Å². The molecule has 5 heteroatoms. The Morgan fingerprint density at radius 2 is 1.70 bits per heavy atom. The van der Waals surface area contributed by atoms with Crippen molar-refractivity contribution < 1.29 is 13.2 Å². The van der Waals surface area contributed by atoms with E-state index in [1.807, 2.05) is 25.1 Å². The zero-order valence-electron chi connectivity index (χ0n) is 10.8. The summed E-state index contributed by atoms with van der Waals surface area (Å²) in [6.07, 6.45) is 0. The Bertz CT molecular complexity index is 593. The van der Waals surface area contributed by atoms with Crippen LogP contribution >= 0.6 is 11.6 Å². The lowest BCUT2D eigenvalue weighted by atomic mass is 10.1. The second kappa shape index (κ2) is 6.29. The standard InChI is InChI=1S/C15H13ClF3N/c1-9(11-4-2-3-5-12(11)16)20-8-10-6-13(17)15(19)14(18)7-10/h2-7,9,20H,8H2,1H3/t9-/m1/s1. The van der Waals surface area contributed by atoms with Crippen LogP contribution in [0, 0.1) is 17.5 Å². The Morgan fingerprint density at radius 3 is 2.30 bits per heavy atom. The average molecular weight is 300 g/mol. The number of rotatable bonds is 4. The van der Waals surface area contributed by atoms with Crippen molar-refractivity contribution in [2.24, 2.45) is 0 Å². The maximum atomic E-state index is 13.1. The van der Waals surface area contributed by atoms with Gasteiger partial charge < -0.3 is 5.32 Å². The van der Waals surface area contributed by atoms with E-state index in [4.69, 9.17) is 11.6 Å². The molecule has 0 aliphatic heterocycles. The van der Waals surface area contributed by atoms with Crippen LogP contribution in [0.25, 0.3) is 0 Å². The number of nitrogens with one attached hydrogen (secondary N) is 1. The summed E-state index contributed by atoms with van der Waals surface area (Å²) in [5.74, 6) is -3.83. The normalized spacial score (nSPS) is 12.4. The second-order valence-electron chi connectivity index (χ2n) is 4.50. The fourth-order valence-corrected chi connectivity index (χ4v) is 2.22. The van der Waals surface area contributed by atoms with Crippen LogP contribution in [0.1, 0.15) is 24.1 Å². The van der Waals surface area contributed by atoms with Gasteiger partial charge in [0.15, 0.2) is 17.5 Å². The lowest BCUT2D eigenvalue weighted by Crippen LogP contribution is -2.18. The summed E-state index contributed by atoms with van der Waals surface area (Å²) in [4.78, 5) is 0. The summed E-state index contributed by atoms with van der Waals surface area (Å²) in [6, 6.07) is 9.17. The molecule has 0 fully saturated rings. The third-order valence-corrected chi connectivity index (χ3v) is 3.37. The van der Waals surface area contributed by atoms with Gasteiger partial charge in [0.1, 0.15) is 0 Å². The topological polar surface area (TPSA) is 12.0 Å². The molecule has 0 saturated carbocycles. The van der Waals surface area contributed by atoms with Gasteiger partial charge in [0.2, 0.25) is 0 Å². The molecule has 0 spiro atoms.